The van der Waals surface area contributed by atoms with Gasteiger partial charge < -0.3 is 5.11 Å². The Kier molecular flexibility index (Phi) is 3.11. The van der Waals surface area contributed by atoms with E-state index in [0.29, 0.717) is 21.5 Å². The van der Waals surface area contributed by atoms with E-state index in [1.165, 1.54) is 4.68 Å². The molecular formula is C9H7Cl2N3O2S. The van der Waals surface area contributed by atoms with E-state index in [2.05, 4.69) is 10.1 Å². The Morgan fingerprint density at radius 1 is 1.41 bits per heavy atom. The number of thiazole rings is 1. The first kappa shape index (κ1) is 12.3. The van der Waals surface area contributed by atoms with E-state index < -0.39 is 5.97 Å². The molecule has 0 radical (unpaired) electrons. The standard InChI is InChI=1S/C9H7Cl2N3O2S/c1-3-5(10)4(2)14(13-3)9-12-7(11)6(17-9)8(15)16/h1-2H3,(H,15,16). The molecule has 0 saturated heterocycles. The van der Waals surface area contributed by atoms with Crippen molar-refractivity contribution < 1.29 is 9.90 Å². The Morgan fingerprint density at radius 3 is 2.47 bits per heavy atom. The summed E-state index contributed by atoms with van der Waals surface area (Å²) in [6.07, 6.45) is 0. The lowest BCUT2D eigenvalue weighted by Gasteiger charge is -1.97. The van der Waals surface area contributed by atoms with Crippen molar-refractivity contribution in [3.63, 3.8) is 0 Å². The number of rotatable bonds is 2. The fourth-order valence-electron chi connectivity index (χ4n) is 1.32. The van der Waals surface area contributed by atoms with Crippen molar-refractivity contribution in [1.29, 1.82) is 0 Å². The number of carboxylic acid groups (broad SMARTS) is 1. The summed E-state index contributed by atoms with van der Waals surface area (Å²) in [5.74, 6) is -1.11. The van der Waals surface area contributed by atoms with Crippen LogP contribution in [-0.2, 0) is 0 Å². The molecule has 0 saturated carbocycles. The minimum Gasteiger partial charge on any atom is -0.477 e. The average Bonchev–Trinajstić information content (AvgIpc) is 2.75. The van der Waals surface area contributed by atoms with E-state index in [1.807, 2.05) is 0 Å². The van der Waals surface area contributed by atoms with Gasteiger partial charge >= 0.3 is 5.97 Å². The number of halogens is 2. The minimum absolute atomic E-state index is 0.00894. The van der Waals surface area contributed by atoms with Crippen molar-refractivity contribution in [2.45, 2.75) is 13.8 Å². The summed E-state index contributed by atoms with van der Waals surface area (Å²) in [5.41, 5.74) is 1.36. The predicted molar refractivity (Wildman–Crippen MR) is 65.7 cm³/mol. The molecule has 0 aliphatic heterocycles. The maximum absolute atomic E-state index is 10.9. The highest BCUT2D eigenvalue weighted by atomic mass is 35.5. The van der Waals surface area contributed by atoms with Crippen molar-refractivity contribution >= 4 is 40.5 Å². The van der Waals surface area contributed by atoms with Gasteiger partial charge in [-0.25, -0.2) is 14.5 Å². The van der Waals surface area contributed by atoms with Crippen LogP contribution in [0.1, 0.15) is 21.1 Å². The molecule has 0 aliphatic rings. The first-order valence-electron chi connectivity index (χ1n) is 4.53. The molecule has 2 aromatic heterocycles. The number of carbonyl (C=O) groups is 1. The van der Waals surface area contributed by atoms with Crippen LogP contribution in [0.5, 0.6) is 0 Å². The topological polar surface area (TPSA) is 68.0 Å². The van der Waals surface area contributed by atoms with Gasteiger partial charge in [0.1, 0.15) is 0 Å². The van der Waals surface area contributed by atoms with E-state index in [1.54, 1.807) is 13.8 Å². The monoisotopic (exact) mass is 291 g/mol. The number of aromatic carboxylic acids is 1. The molecule has 8 heteroatoms. The molecule has 0 spiro atoms. The molecule has 0 amide bonds. The summed E-state index contributed by atoms with van der Waals surface area (Å²) < 4.78 is 1.49. The lowest BCUT2D eigenvalue weighted by Crippen LogP contribution is -1.97. The number of nitrogens with zero attached hydrogens (tertiary/aromatic N) is 3. The van der Waals surface area contributed by atoms with Gasteiger partial charge in [0.2, 0.25) is 5.13 Å². The minimum atomic E-state index is -1.11. The van der Waals surface area contributed by atoms with Crippen molar-refractivity contribution in [3.05, 3.63) is 26.4 Å². The van der Waals surface area contributed by atoms with Gasteiger partial charge in [0.05, 0.1) is 16.4 Å². The highest BCUT2D eigenvalue weighted by Gasteiger charge is 2.19. The summed E-state index contributed by atoms with van der Waals surface area (Å²) in [7, 11) is 0. The highest BCUT2D eigenvalue weighted by Crippen LogP contribution is 2.29. The smallest absolute Gasteiger partial charge is 0.349 e. The third-order valence-electron chi connectivity index (χ3n) is 2.15. The second kappa shape index (κ2) is 4.29. The Labute approximate surface area is 111 Å². The Morgan fingerprint density at radius 2 is 2.06 bits per heavy atom. The van der Waals surface area contributed by atoms with Gasteiger partial charge in [-0.05, 0) is 13.8 Å². The van der Waals surface area contributed by atoms with Gasteiger partial charge in [-0.2, -0.15) is 5.10 Å². The molecule has 0 bridgehead atoms. The Hall–Kier alpha value is -1.11. The zero-order valence-electron chi connectivity index (χ0n) is 8.86. The third-order valence-corrected chi connectivity index (χ3v) is 4.10. The number of aromatic nitrogens is 3. The van der Waals surface area contributed by atoms with Crippen LogP contribution in [0, 0.1) is 13.8 Å². The lowest BCUT2D eigenvalue weighted by atomic mass is 10.4. The molecule has 5 nitrogen and oxygen atoms in total. The quantitative estimate of drug-likeness (QED) is 0.924. The van der Waals surface area contributed by atoms with E-state index in [4.69, 9.17) is 28.3 Å². The molecule has 17 heavy (non-hydrogen) atoms. The maximum atomic E-state index is 10.9. The van der Waals surface area contributed by atoms with Crippen molar-refractivity contribution in [2.75, 3.05) is 0 Å². The number of carboxylic acids is 1. The average molecular weight is 292 g/mol. The number of aryl methyl sites for hydroxylation is 1. The second-order valence-electron chi connectivity index (χ2n) is 3.32. The summed E-state index contributed by atoms with van der Waals surface area (Å²) in [5, 5.41) is 13.9. The summed E-state index contributed by atoms with van der Waals surface area (Å²) >= 11 is 12.7. The fraction of sp³-hybridized carbons (Fsp3) is 0.222. The van der Waals surface area contributed by atoms with Crippen LogP contribution in [0.25, 0.3) is 5.13 Å². The highest BCUT2D eigenvalue weighted by molar-refractivity contribution is 7.16. The van der Waals surface area contributed by atoms with E-state index in [-0.39, 0.29) is 10.0 Å². The van der Waals surface area contributed by atoms with Gasteiger partial charge in [0.25, 0.3) is 0 Å². The molecule has 0 atom stereocenters. The van der Waals surface area contributed by atoms with Gasteiger partial charge in [-0.1, -0.05) is 34.5 Å². The molecule has 2 rings (SSSR count). The lowest BCUT2D eigenvalue weighted by molar-refractivity contribution is 0.0702. The summed E-state index contributed by atoms with van der Waals surface area (Å²) in [6.45, 7) is 3.54. The van der Waals surface area contributed by atoms with E-state index in [9.17, 15) is 4.79 Å². The fourth-order valence-corrected chi connectivity index (χ4v) is 2.57. The van der Waals surface area contributed by atoms with Crippen molar-refractivity contribution in [2.24, 2.45) is 0 Å². The SMILES string of the molecule is Cc1nn(-c2nc(Cl)c(C(=O)O)s2)c(C)c1Cl. The van der Waals surface area contributed by atoms with E-state index >= 15 is 0 Å². The molecule has 0 aliphatic carbocycles. The first-order chi connectivity index (χ1) is 7.91. The molecular weight excluding hydrogens is 285 g/mol. The van der Waals surface area contributed by atoms with E-state index in [0.717, 1.165) is 11.3 Å². The normalized spacial score (nSPS) is 10.8. The van der Waals surface area contributed by atoms with Crippen molar-refractivity contribution in [3.8, 4) is 5.13 Å². The zero-order chi connectivity index (χ0) is 12.7. The van der Waals surface area contributed by atoms with Crippen molar-refractivity contribution in [1.82, 2.24) is 14.8 Å². The molecule has 0 unspecified atom stereocenters. The number of hydrogen-bond donors (Lipinski definition) is 1. The summed E-state index contributed by atoms with van der Waals surface area (Å²) in [6, 6.07) is 0. The summed E-state index contributed by atoms with van der Waals surface area (Å²) in [4.78, 5) is 14.8. The van der Waals surface area contributed by atoms with Crippen LogP contribution in [0.4, 0.5) is 0 Å². The van der Waals surface area contributed by atoms with Crippen LogP contribution in [0.15, 0.2) is 0 Å². The van der Waals surface area contributed by atoms with Crippen LogP contribution < -0.4 is 0 Å². The van der Waals surface area contributed by atoms with Crippen LogP contribution in [0.3, 0.4) is 0 Å². The van der Waals surface area contributed by atoms with Crippen LogP contribution >= 0.6 is 34.5 Å². The molecule has 90 valence electrons. The van der Waals surface area contributed by atoms with Crippen LogP contribution in [-0.4, -0.2) is 25.8 Å². The van der Waals surface area contributed by atoms with Gasteiger partial charge in [-0.3, -0.25) is 0 Å². The maximum Gasteiger partial charge on any atom is 0.349 e. The largest absolute Gasteiger partial charge is 0.477 e. The van der Waals surface area contributed by atoms with Gasteiger partial charge in [0, 0.05) is 0 Å². The Balaban J connectivity index is 2.57. The van der Waals surface area contributed by atoms with Crippen LogP contribution in [0.2, 0.25) is 10.2 Å². The molecule has 2 heterocycles. The third kappa shape index (κ3) is 2.03. The first-order valence-corrected chi connectivity index (χ1v) is 6.10. The van der Waals surface area contributed by atoms with Gasteiger partial charge in [0.15, 0.2) is 10.0 Å². The zero-order valence-corrected chi connectivity index (χ0v) is 11.2. The van der Waals surface area contributed by atoms with Gasteiger partial charge in [-0.15, -0.1) is 0 Å². The second-order valence-corrected chi connectivity index (χ2v) is 5.03. The Bertz CT molecular complexity index is 606. The number of hydrogen-bond acceptors (Lipinski definition) is 4. The molecule has 0 fully saturated rings. The molecule has 0 aromatic carbocycles. The predicted octanol–water partition coefficient (Wildman–Crippen LogP) is 2.95. The molecule has 2 aromatic rings. The molecule has 1 N–H and O–H groups in total.